The molecular formula is C18H25N3O3. The van der Waals surface area contributed by atoms with Gasteiger partial charge in [0, 0.05) is 32.8 Å². The zero-order chi connectivity index (χ0) is 16.9. The van der Waals surface area contributed by atoms with Crippen molar-refractivity contribution >= 4 is 11.8 Å². The van der Waals surface area contributed by atoms with Crippen LogP contribution in [0, 0.1) is 0 Å². The second-order valence-corrected chi connectivity index (χ2v) is 6.48. The Bertz CT molecular complexity index is 564. The molecule has 6 heteroatoms. The van der Waals surface area contributed by atoms with Crippen LogP contribution in [0.4, 0.5) is 0 Å². The molecule has 2 amide bonds. The zero-order valence-electron chi connectivity index (χ0n) is 14.1. The number of carbonyl (C=O) groups excluding carboxylic acids is 2. The maximum Gasteiger partial charge on any atom is 0.250 e. The summed E-state index contributed by atoms with van der Waals surface area (Å²) >= 11 is 0. The van der Waals surface area contributed by atoms with Crippen LogP contribution >= 0.6 is 0 Å². The smallest absolute Gasteiger partial charge is 0.250 e. The quantitative estimate of drug-likeness (QED) is 0.886. The summed E-state index contributed by atoms with van der Waals surface area (Å²) in [6.07, 6.45) is 1.17. The van der Waals surface area contributed by atoms with E-state index in [1.165, 1.54) is 0 Å². The summed E-state index contributed by atoms with van der Waals surface area (Å²) in [4.78, 5) is 29.5. The molecule has 0 bridgehead atoms. The molecule has 2 aliphatic rings. The average Bonchev–Trinajstić information content (AvgIpc) is 3.15. The highest BCUT2D eigenvalue weighted by Gasteiger charge is 2.32. The van der Waals surface area contributed by atoms with Gasteiger partial charge in [-0.25, -0.2) is 0 Å². The Morgan fingerprint density at radius 3 is 2.50 bits per heavy atom. The molecule has 2 heterocycles. The second kappa shape index (κ2) is 7.77. The summed E-state index contributed by atoms with van der Waals surface area (Å²) in [6.45, 7) is 3.70. The summed E-state index contributed by atoms with van der Waals surface area (Å²) in [5.74, 6) is -0.232. The van der Waals surface area contributed by atoms with Crippen molar-refractivity contribution in [2.45, 2.75) is 25.0 Å². The molecule has 1 aromatic carbocycles. The molecule has 2 aliphatic heterocycles. The fourth-order valence-electron chi connectivity index (χ4n) is 3.16. The third kappa shape index (κ3) is 3.94. The van der Waals surface area contributed by atoms with Gasteiger partial charge in [-0.1, -0.05) is 30.3 Å². The lowest BCUT2D eigenvalue weighted by molar-refractivity contribution is -0.140. The third-order valence-corrected chi connectivity index (χ3v) is 4.70. The van der Waals surface area contributed by atoms with Gasteiger partial charge >= 0.3 is 0 Å². The van der Waals surface area contributed by atoms with Crippen molar-refractivity contribution in [3.05, 3.63) is 35.9 Å². The maximum atomic E-state index is 13.0. The van der Waals surface area contributed by atoms with E-state index >= 15 is 0 Å². The maximum absolute atomic E-state index is 13.0. The van der Waals surface area contributed by atoms with Crippen LogP contribution in [0.2, 0.25) is 0 Å². The van der Waals surface area contributed by atoms with Crippen molar-refractivity contribution in [2.24, 2.45) is 0 Å². The van der Waals surface area contributed by atoms with Crippen LogP contribution in [0.3, 0.4) is 0 Å². The fraction of sp³-hybridized carbons (Fsp3) is 0.556. The number of likely N-dealkylation sites (N-methyl/N-ethyl adjacent to an activating group) is 1. The van der Waals surface area contributed by atoms with E-state index in [4.69, 9.17) is 4.74 Å². The van der Waals surface area contributed by atoms with E-state index in [0.29, 0.717) is 19.7 Å². The number of carbonyl (C=O) groups is 2. The van der Waals surface area contributed by atoms with Gasteiger partial charge in [0.25, 0.3) is 0 Å². The van der Waals surface area contributed by atoms with Crippen LogP contribution in [-0.2, 0) is 14.3 Å². The molecule has 1 aromatic rings. The normalized spacial score (nSPS) is 23.0. The Labute approximate surface area is 142 Å². The van der Waals surface area contributed by atoms with Crippen LogP contribution in [0.15, 0.2) is 30.3 Å². The molecule has 24 heavy (non-hydrogen) atoms. The molecule has 2 atom stereocenters. The van der Waals surface area contributed by atoms with Crippen molar-refractivity contribution in [3.63, 3.8) is 0 Å². The molecule has 130 valence electrons. The van der Waals surface area contributed by atoms with Crippen molar-refractivity contribution in [3.8, 4) is 0 Å². The number of hydrogen-bond donors (Lipinski definition) is 1. The van der Waals surface area contributed by atoms with Crippen LogP contribution in [-0.4, -0.2) is 67.6 Å². The predicted octanol–water partition coefficient (Wildman–Crippen LogP) is 0.797. The number of benzene rings is 1. The first-order valence-corrected chi connectivity index (χ1v) is 8.59. The largest absolute Gasteiger partial charge is 0.368 e. The second-order valence-electron chi connectivity index (χ2n) is 6.48. The average molecular weight is 331 g/mol. The first-order chi connectivity index (χ1) is 11.6. The van der Waals surface area contributed by atoms with Gasteiger partial charge in [0.05, 0.1) is 0 Å². The third-order valence-electron chi connectivity index (χ3n) is 4.70. The number of hydrogen-bond acceptors (Lipinski definition) is 4. The van der Waals surface area contributed by atoms with Gasteiger partial charge in [0.15, 0.2) is 0 Å². The van der Waals surface area contributed by atoms with Gasteiger partial charge in [0.2, 0.25) is 11.8 Å². The van der Waals surface area contributed by atoms with Crippen LogP contribution in [0.1, 0.15) is 24.4 Å². The minimum Gasteiger partial charge on any atom is -0.368 e. The lowest BCUT2D eigenvalue weighted by Crippen LogP contribution is -2.52. The highest BCUT2D eigenvalue weighted by Crippen LogP contribution is 2.19. The minimum atomic E-state index is -0.647. The number of rotatable bonds is 4. The molecule has 0 saturated carbocycles. The lowest BCUT2D eigenvalue weighted by atomic mass is 10.0. The van der Waals surface area contributed by atoms with Crippen LogP contribution in [0.5, 0.6) is 0 Å². The Kier molecular flexibility index (Phi) is 5.48. The first-order valence-electron chi connectivity index (χ1n) is 8.59. The standard InChI is InChI=1S/C18H25N3O3/c1-20-9-11-21(12-10-20)18(23)16(14-6-3-2-4-7-14)19-17(22)15-8-5-13-24-15/h2-4,6-7,15-16H,5,8-13H2,1H3,(H,19,22)/t15?,16-/m0/s1. The molecule has 1 N–H and O–H groups in total. The topological polar surface area (TPSA) is 61.9 Å². The molecule has 2 fully saturated rings. The van der Waals surface area contributed by atoms with Gasteiger partial charge in [-0.05, 0) is 25.5 Å². The summed E-state index contributed by atoms with van der Waals surface area (Å²) in [6, 6.07) is 8.80. The molecule has 1 unspecified atom stereocenters. The van der Waals surface area contributed by atoms with E-state index < -0.39 is 12.1 Å². The summed E-state index contributed by atoms with van der Waals surface area (Å²) < 4.78 is 5.45. The number of ether oxygens (including phenoxy) is 1. The van der Waals surface area contributed by atoms with Crippen molar-refractivity contribution in [1.29, 1.82) is 0 Å². The Morgan fingerprint density at radius 1 is 1.17 bits per heavy atom. The van der Waals surface area contributed by atoms with Gasteiger partial charge in [-0.15, -0.1) is 0 Å². The highest BCUT2D eigenvalue weighted by molar-refractivity contribution is 5.90. The van der Waals surface area contributed by atoms with Crippen LogP contribution < -0.4 is 5.32 Å². The molecule has 2 saturated heterocycles. The summed E-state index contributed by atoms with van der Waals surface area (Å²) in [5.41, 5.74) is 0.813. The minimum absolute atomic E-state index is 0.0411. The fourth-order valence-corrected chi connectivity index (χ4v) is 3.16. The van der Waals surface area contributed by atoms with Crippen molar-refractivity contribution in [2.75, 3.05) is 39.8 Å². The molecule has 6 nitrogen and oxygen atoms in total. The van der Waals surface area contributed by atoms with E-state index in [-0.39, 0.29) is 11.8 Å². The van der Waals surface area contributed by atoms with E-state index in [0.717, 1.165) is 31.5 Å². The molecule has 0 radical (unpaired) electrons. The number of amides is 2. The Hall–Kier alpha value is -1.92. The van der Waals surface area contributed by atoms with Gasteiger partial charge in [-0.2, -0.15) is 0 Å². The van der Waals surface area contributed by atoms with Gasteiger partial charge < -0.3 is 19.9 Å². The Morgan fingerprint density at radius 2 is 1.88 bits per heavy atom. The SMILES string of the molecule is CN1CCN(C(=O)[C@@H](NC(=O)C2CCCO2)c2ccccc2)CC1. The van der Waals surface area contributed by atoms with Gasteiger partial charge in [0.1, 0.15) is 12.1 Å². The highest BCUT2D eigenvalue weighted by atomic mass is 16.5. The van der Waals surface area contributed by atoms with Crippen molar-refractivity contribution in [1.82, 2.24) is 15.1 Å². The molecule has 3 rings (SSSR count). The number of nitrogens with one attached hydrogen (secondary N) is 1. The molecule has 0 spiro atoms. The van der Waals surface area contributed by atoms with E-state index in [9.17, 15) is 9.59 Å². The zero-order valence-corrected chi connectivity index (χ0v) is 14.1. The summed E-state index contributed by atoms with van der Waals surface area (Å²) in [5, 5.41) is 2.91. The number of piperazine rings is 1. The monoisotopic (exact) mass is 331 g/mol. The lowest BCUT2D eigenvalue weighted by Gasteiger charge is -2.35. The van der Waals surface area contributed by atoms with Crippen molar-refractivity contribution < 1.29 is 14.3 Å². The van der Waals surface area contributed by atoms with E-state index in [1.54, 1.807) is 0 Å². The Balaban J connectivity index is 1.74. The van der Waals surface area contributed by atoms with E-state index in [2.05, 4.69) is 17.3 Å². The predicted molar refractivity (Wildman–Crippen MR) is 90.4 cm³/mol. The van der Waals surface area contributed by atoms with Gasteiger partial charge in [-0.3, -0.25) is 9.59 Å². The summed E-state index contributed by atoms with van der Waals surface area (Å²) in [7, 11) is 2.05. The molecule has 0 aliphatic carbocycles. The van der Waals surface area contributed by atoms with E-state index in [1.807, 2.05) is 35.2 Å². The first kappa shape index (κ1) is 16.9. The molecular weight excluding hydrogens is 306 g/mol. The molecule has 0 aromatic heterocycles. The number of nitrogens with zero attached hydrogens (tertiary/aromatic N) is 2. The van der Waals surface area contributed by atoms with Crippen LogP contribution in [0.25, 0.3) is 0 Å².